The Kier molecular flexibility index (Phi) is 1.84. The molecule has 0 bridgehead atoms. The first-order valence-corrected chi connectivity index (χ1v) is 6.13. The van der Waals surface area contributed by atoms with Gasteiger partial charge < -0.3 is 5.73 Å². The summed E-state index contributed by atoms with van der Waals surface area (Å²) in [4.78, 5) is 41.4. The third kappa shape index (κ3) is 2.12. The van der Waals surface area contributed by atoms with Gasteiger partial charge in [-0.2, -0.15) is 0 Å². The van der Waals surface area contributed by atoms with Crippen molar-refractivity contribution >= 4 is 28.2 Å². The van der Waals surface area contributed by atoms with Gasteiger partial charge in [-0.15, -0.1) is 0 Å². The van der Waals surface area contributed by atoms with Crippen LogP contribution in [0.15, 0.2) is 22.9 Å². The monoisotopic (exact) mass is 291 g/mol. The fourth-order valence-corrected chi connectivity index (χ4v) is 2.21. The van der Waals surface area contributed by atoms with Crippen LogP contribution in [0.5, 0.6) is 0 Å². The molecule has 0 spiro atoms. The van der Waals surface area contributed by atoms with E-state index < -0.39 is 42.3 Å². The average Bonchev–Trinajstić information content (AvgIpc) is 2.56. The standard InChI is InChI=1S/C15H15N3O3/c1-8-17-11-4-2-3-10(16)14(11)15(21)18(8)12-6-5-9(19)7-13(12)20/h2-4,12H,5-7,16H2,1H3/i2D,4D,5D,6D2,12D. The molecule has 1 aromatic heterocycles. The number of nitrogen functional groups attached to an aromatic ring is 1. The maximum atomic E-state index is 13.1. The van der Waals surface area contributed by atoms with Crippen LogP contribution in [0.2, 0.25) is 0 Å². The highest BCUT2D eigenvalue weighted by molar-refractivity contribution is 6.03. The van der Waals surface area contributed by atoms with Crippen molar-refractivity contribution in [3.05, 3.63) is 34.3 Å². The van der Waals surface area contributed by atoms with E-state index in [0.717, 1.165) is 6.07 Å². The van der Waals surface area contributed by atoms with E-state index in [9.17, 15) is 14.4 Å². The van der Waals surface area contributed by atoms with Crippen LogP contribution in [-0.2, 0) is 9.59 Å². The number of nitrogens with zero attached hydrogens (tertiary/aromatic N) is 2. The number of hydrogen-bond donors (Lipinski definition) is 1. The topological polar surface area (TPSA) is 95.0 Å². The van der Waals surface area contributed by atoms with Crippen molar-refractivity contribution < 1.29 is 17.8 Å². The largest absolute Gasteiger partial charge is 0.398 e. The molecule has 2 unspecified atom stereocenters. The minimum atomic E-state index is -3.00. The van der Waals surface area contributed by atoms with E-state index >= 15 is 0 Å². The molecule has 0 aliphatic heterocycles. The Hall–Kier alpha value is -2.50. The molecule has 21 heavy (non-hydrogen) atoms. The molecule has 2 aromatic rings. The van der Waals surface area contributed by atoms with Crippen molar-refractivity contribution in [2.45, 2.75) is 32.1 Å². The molecule has 1 fully saturated rings. The maximum Gasteiger partial charge on any atom is 0.264 e. The summed E-state index contributed by atoms with van der Waals surface area (Å²) in [6.45, 7) is 1.24. The number of aromatic nitrogens is 2. The molecular formula is C15H15N3O3. The Morgan fingerprint density at radius 1 is 1.52 bits per heavy atom. The van der Waals surface area contributed by atoms with Gasteiger partial charge in [0, 0.05) is 16.2 Å². The van der Waals surface area contributed by atoms with Gasteiger partial charge in [0.1, 0.15) is 11.6 Å². The Morgan fingerprint density at radius 2 is 2.29 bits per heavy atom. The maximum absolute atomic E-state index is 13.1. The SMILES string of the molecule is [2H]c1cc(N)c2c(=O)n(C3([2H])C(=O)CC(=O)C([2H])C3([2H])[2H])c(C)nc2c1[2H]. The summed E-state index contributed by atoms with van der Waals surface area (Å²) in [6, 6.07) is -2.50. The average molecular weight is 291 g/mol. The lowest BCUT2D eigenvalue weighted by molar-refractivity contribution is -0.132. The van der Waals surface area contributed by atoms with Gasteiger partial charge in [0.15, 0.2) is 5.78 Å². The summed E-state index contributed by atoms with van der Waals surface area (Å²) < 4.78 is 48.5. The quantitative estimate of drug-likeness (QED) is 0.628. The summed E-state index contributed by atoms with van der Waals surface area (Å²) in [5.74, 6) is -2.41. The minimum Gasteiger partial charge on any atom is -0.398 e. The fourth-order valence-electron chi connectivity index (χ4n) is 2.21. The predicted octanol–water partition coefficient (Wildman–Crippen LogP) is 1.15. The van der Waals surface area contributed by atoms with E-state index in [4.69, 9.17) is 14.0 Å². The number of rotatable bonds is 1. The molecule has 1 aliphatic rings. The van der Waals surface area contributed by atoms with Crippen molar-refractivity contribution in [3.8, 4) is 0 Å². The number of benzene rings is 1. The highest BCUT2D eigenvalue weighted by atomic mass is 16.2. The summed E-state index contributed by atoms with van der Waals surface area (Å²) in [7, 11) is 0. The van der Waals surface area contributed by atoms with Crippen LogP contribution >= 0.6 is 0 Å². The highest BCUT2D eigenvalue weighted by Crippen LogP contribution is 2.24. The predicted molar refractivity (Wildman–Crippen MR) is 78.1 cm³/mol. The molecule has 0 radical (unpaired) electrons. The third-order valence-electron chi connectivity index (χ3n) is 3.15. The van der Waals surface area contributed by atoms with Crippen molar-refractivity contribution in [3.63, 3.8) is 0 Å². The third-order valence-corrected chi connectivity index (χ3v) is 3.15. The molecule has 1 aliphatic carbocycles. The molecule has 2 atom stereocenters. The van der Waals surface area contributed by atoms with Gasteiger partial charge in [0.2, 0.25) is 0 Å². The number of nitrogens with two attached hydrogens (primary N) is 1. The second-order valence-electron chi connectivity index (χ2n) is 4.60. The van der Waals surface area contributed by atoms with Gasteiger partial charge in [-0.3, -0.25) is 19.0 Å². The van der Waals surface area contributed by atoms with Crippen LogP contribution in [0.3, 0.4) is 0 Å². The van der Waals surface area contributed by atoms with E-state index in [0.29, 0.717) is 4.57 Å². The molecule has 6 heteroatoms. The van der Waals surface area contributed by atoms with Gasteiger partial charge in [-0.1, -0.05) is 6.04 Å². The van der Waals surface area contributed by atoms with Gasteiger partial charge in [-0.05, 0) is 25.4 Å². The molecule has 1 heterocycles. The zero-order chi connectivity index (χ0) is 20.5. The second kappa shape index (κ2) is 4.80. The Labute approximate surface area is 129 Å². The van der Waals surface area contributed by atoms with Gasteiger partial charge in [0.05, 0.1) is 27.5 Å². The Balaban J connectivity index is 2.46. The Bertz CT molecular complexity index is 1080. The smallest absolute Gasteiger partial charge is 0.264 e. The number of fused-ring (bicyclic) bond motifs is 1. The summed E-state index contributed by atoms with van der Waals surface area (Å²) in [5.41, 5.74) is 4.33. The molecule has 1 aromatic carbocycles. The lowest BCUT2D eigenvalue weighted by Crippen LogP contribution is -2.36. The number of anilines is 1. The number of carbonyl (C=O) groups excluding carboxylic acids is 2. The summed E-state index contributed by atoms with van der Waals surface area (Å²) in [6.07, 6.45) is -5.89. The second-order valence-corrected chi connectivity index (χ2v) is 4.60. The molecule has 3 rings (SSSR count). The van der Waals surface area contributed by atoms with Crippen LogP contribution in [0.1, 0.15) is 39.3 Å². The first-order valence-electron chi connectivity index (χ1n) is 9.21. The van der Waals surface area contributed by atoms with E-state index in [1.807, 2.05) is 0 Å². The first-order chi connectivity index (χ1) is 12.4. The van der Waals surface area contributed by atoms with Crippen LogP contribution in [0.25, 0.3) is 10.9 Å². The van der Waals surface area contributed by atoms with Crippen LogP contribution in [-0.4, -0.2) is 21.1 Å². The number of hydrogen-bond acceptors (Lipinski definition) is 5. The minimum absolute atomic E-state index is 0.204. The molecule has 2 N–H and O–H groups in total. The highest BCUT2D eigenvalue weighted by Gasteiger charge is 2.30. The van der Waals surface area contributed by atoms with E-state index in [1.54, 1.807) is 0 Å². The van der Waals surface area contributed by atoms with Crippen molar-refractivity contribution in [1.29, 1.82) is 0 Å². The molecule has 0 saturated heterocycles. The van der Waals surface area contributed by atoms with Crippen molar-refractivity contribution in [1.82, 2.24) is 9.55 Å². The van der Waals surface area contributed by atoms with Crippen LogP contribution in [0.4, 0.5) is 5.69 Å². The normalized spacial score (nSPS) is 32.7. The molecule has 0 amide bonds. The van der Waals surface area contributed by atoms with Crippen molar-refractivity contribution in [2.24, 2.45) is 0 Å². The molecule has 108 valence electrons. The van der Waals surface area contributed by atoms with Crippen molar-refractivity contribution in [2.75, 3.05) is 5.73 Å². The number of ketones is 2. The molecule has 6 nitrogen and oxygen atoms in total. The molecular weight excluding hydrogens is 270 g/mol. The van der Waals surface area contributed by atoms with Crippen LogP contribution in [0, 0.1) is 6.92 Å². The zero-order valence-electron chi connectivity index (χ0n) is 17.1. The zero-order valence-corrected chi connectivity index (χ0v) is 11.1. The summed E-state index contributed by atoms with van der Waals surface area (Å²) in [5, 5.41) is -0.324. The van der Waals surface area contributed by atoms with E-state index in [-0.39, 0.29) is 34.5 Å². The first kappa shape index (κ1) is 8.07. The number of carbonyl (C=O) groups is 2. The van der Waals surface area contributed by atoms with Crippen LogP contribution < -0.4 is 11.3 Å². The lowest BCUT2D eigenvalue weighted by Gasteiger charge is -2.24. The van der Waals surface area contributed by atoms with Gasteiger partial charge in [0.25, 0.3) is 5.56 Å². The van der Waals surface area contributed by atoms with Gasteiger partial charge in [-0.25, -0.2) is 4.98 Å². The van der Waals surface area contributed by atoms with Gasteiger partial charge >= 0.3 is 0 Å². The lowest BCUT2D eigenvalue weighted by atomic mass is 9.92. The van der Waals surface area contributed by atoms with E-state index in [1.165, 1.54) is 6.92 Å². The summed E-state index contributed by atoms with van der Waals surface area (Å²) >= 11 is 0. The number of Topliss-reactive ketones (excluding diaryl/α,β-unsaturated/α-hetero) is 2. The fraction of sp³-hybridized carbons (Fsp3) is 0.333. The van der Waals surface area contributed by atoms with E-state index in [2.05, 4.69) is 4.98 Å². The number of aryl methyl sites for hydroxylation is 1. The Morgan fingerprint density at radius 3 is 3.05 bits per heavy atom. The molecule has 1 saturated carbocycles.